The number of aryl methyl sites for hydroxylation is 3. The van der Waals surface area contributed by atoms with Crippen molar-refractivity contribution in [2.75, 3.05) is 12.8 Å². The maximum Gasteiger partial charge on any atom is 0.360 e. The Hall–Kier alpha value is -2.30. The van der Waals surface area contributed by atoms with Crippen LogP contribution >= 0.6 is 0 Å². The number of methoxy groups -OCH3 is 1. The Balaban J connectivity index is 2.61. The van der Waals surface area contributed by atoms with Gasteiger partial charge in [-0.2, -0.15) is 0 Å². The SMILES string of the molecule is COC(=O)c1ncn(-c2c(C)cc(C)cc2C)c1N. The smallest absolute Gasteiger partial charge is 0.360 e. The van der Waals surface area contributed by atoms with Crippen molar-refractivity contribution < 1.29 is 9.53 Å². The van der Waals surface area contributed by atoms with E-state index in [4.69, 9.17) is 5.73 Å². The first-order valence-corrected chi connectivity index (χ1v) is 5.95. The maximum absolute atomic E-state index is 11.5. The van der Waals surface area contributed by atoms with Gasteiger partial charge in [-0.25, -0.2) is 9.78 Å². The molecule has 0 radical (unpaired) electrons. The van der Waals surface area contributed by atoms with Crippen molar-refractivity contribution in [1.82, 2.24) is 9.55 Å². The normalized spacial score (nSPS) is 10.5. The van der Waals surface area contributed by atoms with Gasteiger partial charge < -0.3 is 10.5 Å². The molecular formula is C14H17N3O2. The van der Waals surface area contributed by atoms with Gasteiger partial charge in [-0.05, 0) is 31.9 Å². The number of imidazole rings is 1. The lowest BCUT2D eigenvalue weighted by molar-refractivity contribution is 0.0596. The van der Waals surface area contributed by atoms with Gasteiger partial charge in [0, 0.05) is 0 Å². The molecule has 2 rings (SSSR count). The van der Waals surface area contributed by atoms with Gasteiger partial charge in [0.15, 0.2) is 5.69 Å². The number of anilines is 1. The summed E-state index contributed by atoms with van der Waals surface area (Å²) in [6.45, 7) is 6.06. The molecule has 0 amide bonds. The number of esters is 1. The van der Waals surface area contributed by atoms with E-state index in [0.29, 0.717) is 5.82 Å². The number of rotatable bonds is 2. The number of hydrogen-bond acceptors (Lipinski definition) is 4. The Morgan fingerprint density at radius 3 is 2.37 bits per heavy atom. The number of benzene rings is 1. The summed E-state index contributed by atoms with van der Waals surface area (Å²) in [6.07, 6.45) is 1.55. The highest BCUT2D eigenvalue weighted by Crippen LogP contribution is 2.25. The Labute approximate surface area is 112 Å². The van der Waals surface area contributed by atoms with E-state index in [2.05, 4.69) is 21.9 Å². The first-order chi connectivity index (χ1) is 8.95. The van der Waals surface area contributed by atoms with Gasteiger partial charge in [-0.15, -0.1) is 0 Å². The predicted octanol–water partition coefficient (Wildman–Crippen LogP) is 2.17. The summed E-state index contributed by atoms with van der Waals surface area (Å²) in [5.74, 6) is -0.236. The molecule has 19 heavy (non-hydrogen) atoms. The largest absolute Gasteiger partial charge is 0.464 e. The fraction of sp³-hybridized carbons (Fsp3) is 0.286. The molecule has 0 spiro atoms. The highest BCUT2D eigenvalue weighted by molar-refractivity contribution is 5.92. The quantitative estimate of drug-likeness (QED) is 0.839. The zero-order valence-electron chi connectivity index (χ0n) is 11.5. The minimum Gasteiger partial charge on any atom is -0.464 e. The van der Waals surface area contributed by atoms with Crippen molar-refractivity contribution >= 4 is 11.8 Å². The van der Waals surface area contributed by atoms with Gasteiger partial charge in [-0.1, -0.05) is 17.7 Å². The molecule has 0 saturated heterocycles. The first-order valence-electron chi connectivity index (χ1n) is 5.95. The molecule has 2 aromatic rings. The predicted molar refractivity (Wildman–Crippen MR) is 73.5 cm³/mol. The van der Waals surface area contributed by atoms with Crippen LogP contribution in [0.5, 0.6) is 0 Å². The average molecular weight is 259 g/mol. The summed E-state index contributed by atoms with van der Waals surface area (Å²) < 4.78 is 6.37. The fourth-order valence-corrected chi connectivity index (χ4v) is 2.34. The highest BCUT2D eigenvalue weighted by Gasteiger charge is 2.18. The Morgan fingerprint density at radius 2 is 1.84 bits per heavy atom. The third-order valence-corrected chi connectivity index (χ3v) is 3.06. The van der Waals surface area contributed by atoms with Crippen LogP contribution < -0.4 is 5.73 Å². The number of carbonyl (C=O) groups excluding carboxylic acids is 1. The lowest BCUT2D eigenvalue weighted by Gasteiger charge is -2.13. The molecule has 0 bridgehead atoms. The van der Waals surface area contributed by atoms with Crippen molar-refractivity contribution in [3.63, 3.8) is 0 Å². The summed E-state index contributed by atoms with van der Waals surface area (Å²) >= 11 is 0. The molecule has 2 N–H and O–H groups in total. The van der Waals surface area contributed by atoms with Crippen LogP contribution in [0.2, 0.25) is 0 Å². The first kappa shape index (κ1) is 13.1. The molecule has 1 aromatic heterocycles. The van der Waals surface area contributed by atoms with Crippen LogP contribution in [0.3, 0.4) is 0 Å². The number of carbonyl (C=O) groups is 1. The molecule has 100 valence electrons. The van der Waals surface area contributed by atoms with Gasteiger partial charge in [-0.3, -0.25) is 4.57 Å². The lowest BCUT2D eigenvalue weighted by Crippen LogP contribution is -2.09. The zero-order chi connectivity index (χ0) is 14.2. The summed E-state index contributed by atoms with van der Waals surface area (Å²) in [4.78, 5) is 15.6. The lowest BCUT2D eigenvalue weighted by atomic mass is 10.1. The molecule has 0 aliphatic carbocycles. The molecule has 5 nitrogen and oxygen atoms in total. The molecule has 0 fully saturated rings. The van der Waals surface area contributed by atoms with Crippen LogP contribution in [-0.2, 0) is 4.74 Å². The molecule has 0 saturated carbocycles. The van der Waals surface area contributed by atoms with E-state index in [1.165, 1.54) is 12.7 Å². The maximum atomic E-state index is 11.5. The monoisotopic (exact) mass is 259 g/mol. The van der Waals surface area contributed by atoms with E-state index < -0.39 is 5.97 Å². The topological polar surface area (TPSA) is 70.1 Å². The van der Waals surface area contributed by atoms with E-state index in [1.54, 1.807) is 10.9 Å². The number of nitrogens with zero attached hydrogens (tertiary/aromatic N) is 2. The van der Waals surface area contributed by atoms with E-state index in [-0.39, 0.29) is 5.69 Å². The summed E-state index contributed by atoms with van der Waals surface area (Å²) in [7, 11) is 1.31. The van der Waals surface area contributed by atoms with Crippen LogP contribution in [0.1, 0.15) is 27.2 Å². The molecule has 5 heteroatoms. The van der Waals surface area contributed by atoms with Crippen molar-refractivity contribution in [2.45, 2.75) is 20.8 Å². The molecule has 0 unspecified atom stereocenters. The fourth-order valence-electron chi connectivity index (χ4n) is 2.34. The van der Waals surface area contributed by atoms with Gasteiger partial charge in [0.2, 0.25) is 0 Å². The number of nitrogens with two attached hydrogens (primary N) is 1. The van der Waals surface area contributed by atoms with Crippen LogP contribution in [-0.4, -0.2) is 22.6 Å². The van der Waals surface area contributed by atoms with Gasteiger partial charge >= 0.3 is 5.97 Å². The van der Waals surface area contributed by atoms with Crippen LogP contribution in [0, 0.1) is 20.8 Å². The Kier molecular flexibility index (Phi) is 3.29. The minimum absolute atomic E-state index is 0.141. The summed E-state index contributed by atoms with van der Waals surface area (Å²) in [6, 6.07) is 4.14. The molecular weight excluding hydrogens is 242 g/mol. The Bertz CT molecular complexity index is 621. The van der Waals surface area contributed by atoms with E-state index >= 15 is 0 Å². The second-order valence-corrected chi connectivity index (χ2v) is 4.59. The Morgan fingerprint density at radius 1 is 1.26 bits per heavy atom. The molecule has 1 aromatic carbocycles. The van der Waals surface area contributed by atoms with E-state index in [1.807, 2.05) is 20.8 Å². The van der Waals surface area contributed by atoms with Gasteiger partial charge in [0.1, 0.15) is 12.1 Å². The minimum atomic E-state index is -0.529. The van der Waals surface area contributed by atoms with E-state index in [9.17, 15) is 4.79 Å². The van der Waals surface area contributed by atoms with Gasteiger partial charge in [0.25, 0.3) is 0 Å². The molecule has 0 atom stereocenters. The third kappa shape index (κ3) is 2.19. The number of nitrogen functional groups attached to an aromatic ring is 1. The molecule has 0 aliphatic heterocycles. The van der Waals surface area contributed by atoms with Crippen LogP contribution in [0.15, 0.2) is 18.5 Å². The second-order valence-electron chi connectivity index (χ2n) is 4.59. The van der Waals surface area contributed by atoms with Crippen LogP contribution in [0.25, 0.3) is 5.69 Å². The van der Waals surface area contributed by atoms with Gasteiger partial charge in [0.05, 0.1) is 12.8 Å². The van der Waals surface area contributed by atoms with Crippen molar-refractivity contribution in [2.24, 2.45) is 0 Å². The number of ether oxygens (including phenoxy) is 1. The van der Waals surface area contributed by atoms with Crippen molar-refractivity contribution in [3.8, 4) is 5.69 Å². The highest BCUT2D eigenvalue weighted by atomic mass is 16.5. The van der Waals surface area contributed by atoms with E-state index in [0.717, 1.165) is 16.8 Å². The second kappa shape index (κ2) is 4.76. The summed E-state index contributed by atoms with van der Waals surface area (Å²) in [5.41, 5.74) is 10.4. The summed E-state index contributed by atoms with van der Waals surface area (Å²) in [5, 5.41) is 0. The number of hydrogen-bond donors (Lipinski definition) is 1. The number of aromatic nitrogens is 2. The van der Waals surface area contributed by atoms with Crippen molar-refractivity contribution in [3.05, 3.63) is 40.8 Å². The standard InChI is InChI=1S/C14H17N3O2/c1-8-5-9(2)12(10(3)6-8)17-7-16-11(13(17)15)14(18)19-4/h5-7H,15H2,1-4H3. The molecule has 1 heterocycles. The molecule has 0 aliphatic rings. The zero-order valence-corrected chi connectivity index (χ0v) is 11.5. The third-order valence-electron chi connectivity index (χ3n) is 3.06. The average Bonchev–Trinajstić information content (AvgIpc) is 2.69. The van der Waals surface area contributed by atoms with Crippen LogP contribution in [0.4, 0.5) is 5.82 Å². The van der Waals surface area contributed by atoms with Crippen molar-refractivity contribution in [1.29, 1.82) is 0 Å².